The molecule has 5 nitrogen and oxygen atoms in total. The molecule has 0 aromatic carbocycles. The maximum atomic E-state index is 12.3. The number of thioether (sulfide) groups is 1. The highest BCUT2D eigenvalue weighted by atomic mass is 32.2. The summed E-state index contributed by atoms with van der Waals surface area (Å²) in [6, 6.07) is -0.644. The maximum Gasteiger partial charge on any atom is 0.327 e. The van der Waals surface area contributed by atoms with E-state index in [0.717, 1.165) is 13.0 Å². The summed E-state index contributed by atoms with van der Waals surface area (Å²) in [4.78, 5) is 24.8. The number of nitrogens with one attached hydrogen (secondary N) is 1. The number of carbonyl (C=O) groups excluding carboxylic acids is 1. The SMILES string of the molecule is CC1(C(=O)N2CSC[C@H]2C(=O)O)CCNC1. The Labute approximate surface area is 98.6 Å². The molecule has 16 heavy (non-hydrogen) atoms. The van der Waals surface area contributed by atoms with E-state index in [1.54, 1.807) is 0 Å². The Kier molecular flexibility index (Phi) is 3.12. The fourth-order valence-electron chi connectivity index (χ4n) is 2.19. The fourth-order valence-corrected chi connectivity index (χ4v) is 3.34. The largest absolute Gasteiger partial charge is 0.480 e. The quantitative estimate of drug-likeness (QED) is 0.714. The Bertz CT molecular complexity index is 315. The minimum atomic E-state index is -0.895. The summed E-state index contributed by atoms with van der Waals surface area (Å²) in [7, 11) is 0. The third kappa shape index (κ3) is 1.91. The molecule has 0 saturated carbocycles. The molecule has 6 heteroatoms. The molecule has 2 fully saturated rings. The fraction of sp³-hybridized carbons (Fsp3) is 0.800. The zero-order valence-electron chi connectivity index (χ0n) is 9.23. The van der Waals surface area contributed by atoms with Crippen molar-refractivity contribution in [2.75, 3.05) is 24.7 Å². The Hall–Kier alpha value is -0.750. The van der Waals surface area contributed by atoms with Gasteiger partial charge in [0.1, 0.15) is 6.04 Å². The van der Waals surface area contributed by atoms with Crippen molar-refractivity contribution >= 4 is 23.6 Å². The first-order valence-electron chi connectivity index (χ1n) is 5.37. The molecule has 1 amide bonds. The van der Waals surface area contributed by atoms with Gasteiger partial charge in [-0.3, -0.25) is 4.79 Å². The van der Waals surface area contributed by atoms with Crippen LogP contribution in [-0.4, -0.2) is 52.6 Å². The van der Waals surface area contributed by atoms with Gasteiger partial charge in [-0.2, -0.15) is 0 Å². The maximum absolute atomic E-state index is 12.3. The van der Waals surface area contributed by atoms with Crippen molar-refractivity contribution in [2.24, 2.45) is 5.41 Å². The van der Waals surface area contributed by atoms with Crippen LogP contribution in [0.1, 0.15) is 13.3 Å². The van der Waals surface area contributed by atoms with E-state index in [1.807, 2.05) is 6.92 Å². The van der Waals surface area contributed by atoms with Crippen molar-refractivity contribution in [3.63, 3.8) is 0 Å². The highest BCUT2D eigenvalue weighted by Gasteiger charge is 2.44. The van der Waals surface area contributed by atoms with Gasteiger partial charge in [-0.25, -0.2) is 4.79 Å². The third-order valence-corrected chi connectivity index (χ3v) is 4.33. The van der Waals surface area contributed by atoms with Crippen molar-refractivity contribution in [2.45, 2.75) is 19.4 Å². The smallest absolute Gasteiger partial charge is 0.327 e. The molecule has 2 rings (SSSR count). The lowest BCUT2D eigenvalue weighted by atomic mass is 9.88. The average Bonchev–Trinajstić information content (AvgIpc) is 2.85. The molecule has 2 saturated heterocycles. The van der Waals surface area contributed by atoms with Crippen molar-refractivity contribution in [3.05, 3.63) is 0 Å². The molecule has 0 aromatic rings. The molecule has 2 aliphatic rings. The van der Waals surface area contributed by atoms with Crippen molar-refractivity contribution in [1.29, 1.82) is 0 Å². The van der Waals surface area contributed by atoms with E-state index in [-0.39, 0.29) is 5.91 Å². The second-order valence-electron chi connectivity index (χ2n) is 4.62. The number of carboxylic acid groups (broad SMARTS) is 1. The van der Waals surface area contributed by atoms with E-state index in [1.165, 1.54) is 16.7 Å². The molecular weight excluding hydrogens is 228 g/mol. The summed E-state index contributed by atoms with van der Waals surface area (Å²) in [5.74, 6) is 0.0958. The predicted octanol–water partition coefficient (Wildman–Crippen LogP) is -0.0279. The van der Waals surface area contributed by atoms with E-state index in [4.69, 9.17) is 5.11 Å². The van der Waals surface area contributed by atoms with Crippen LogP contribution in [0, 0.1) is 5.41 Å². The first-order chi connectivity index (χ1) is 7.54. The van der Waals surface area contributed by atoms with Crippen LogP contribution in [0.4, 0.5) is 0 Å². The minimum absolute atomic E-state index is 0.0186. The Morgan fingerprint density at radius 2 is 2.31 bits per heavy atom. The van der Waals surface area contributed by atoms with Crippen LogP contribution in [0.3, 0.4) is 0 Å². The zero-order valence-corrected chi connectivity index (χ0v) is 10.0. The molecule has 1 unspecified atom stereocenters. The van der Waals surface area contributed by atoms with E-state index < -0.39 is 17.4 Å². The lowest BCUT2D eigenvalue weighted by Crippen LogP contribution is -2.49. The van der Waals surface area contributed by atoms with Gasteiger partial charge in [-0.1, -0.05) is 0 Å². The molecular formula is C10H16N2O3S. The summed E-state index contributed by atoms with van der Waals surface area (Å²) >= 11 is 1.51. The normalized spacial score (nSPS) is 34.3. The number of rotatable bonds is 2. The predicted molar refractivity (Wildman–Crippen MR) is 61.2 cm³/mol. The van der Waals surface area contributed by atoms with E-state index in [9.17, 15) is 9.59 Å². The Morgan fingerprint density at radius 1 is 1.56 bits per heavy atom. The Morgan fingerprint density at radius 3 is 2.88 bits per heavy atom. The van der Waals surface area contributed by atoms with Crippen LogP contribution in [-0.2, 0) is 9.59 Å². The molecule has 2 atom stereocenters. The zero-order chi connectivity index (χ0) is 11.8. The lowest BCUT2D eigenvalue weighted by molar-refractivity contribution is -0.151. The van der Waals surface area contributed by atoms with E-state index in [0.29, 0.717) is 18.2 Å². The molecule has 90 valence electrons. The molecule has 0 aliphatic carbocycles. The molecule has 0 radical (unpaired) electrons. The van der Waals surface area contributed by atoms with Crippen LogP contribution in [0.2, 0.25) is 0 Å². The molecule has 0 spiro atoms. The molecule has 2 N–H and O–H groups in total. The van der Waals surface area contributed by atoms with Crippen molar-refractivity contribution < 1.29 is 14.7 Å². The number of nitrogens with zero attached hydrogens (tertiary/aromatic N) is 1. The van der Waals surface area contributed by atoms with Gasteiger partial charge in [-0.05, 0) is 19.9 Å². The first-order valence-corrected chi connectivity index (χ1v) is 6.52. The van der Waals surface area contributed by atoms with Crippen LogP contribution >= 0.6 is 11.8 Å². The summed E-state index contributed by atoms with van der Waals surface area (Å²) in [6.45, 7) is 3.40. The second kappa shape index (κ2) is 4.25. The molecule has 0 bridgehead atoms. The average molecular weight is 244 g/mol. The van der Waals surface area contributed by atoms with Gasteiger partial charge in [0.25, 0.3) is 0 Å². The third-order valence-electron chi connectivity index (χ3n) is 3.31. The number of aliphatic carboxylic acids is 1. The van der Waals surface area contributed by atoms with Gasteiger partial charge in [-0.15, -0.1) is 11.8 Å². The van der Waals surface area contributed by atoms with Gasteiger partial charge >= 0.3 is 5.97 Å². The monoisotopic (exact) mass is 244 g/mol. The number of hydrogen-bond donors (Lipinski definition) is 2. The number of hydrogen-bond acceptors (Lipinski definition) is 4. The standard InChI is InChI=1S/C10H16N2O3S/c1-10(2-3-11-5-10)9(15)12-6-16-4-7(12)8(13)14/h7,11H,2-6H2,1H3,(H,13,14)/t7-,10?/m0/s1. The number of amides is 1. The van der Waals surface area contributed by atoms with Crippen LogP contribution in [0.5, 0.6) is 0 Å². The summed E-state index contributed by atoms with van der Waals surface area (Å²) < 4.78 is 0. The van der Waals surface area contributed by atoms with Crippen molar-refractivity contribution in [1.82, 2.24) is 10.2 Å². The van der Waals surface area contributed by atoms with Crippen LogP contribution < -0.4 is 5.32 Å². The van der Waals surface area contributed by atoms with Gasteiger partial charge < -0.3 is 15.3 Å². The number of carboxylic acids is 1. The molecule has 2 heterocycles. The van der Waals surface area contributed by atoms with Gasteiger partial charge in [0.05, 0.1) is 11.3 Å². The van der Waals surface area contributed by atoms with Gasteiger partial charge in [0, 0.05) is 12.3 Å². The summed E-state index contributed by atoms with van der Waals surface area (Å²) in [5.41, 5.74) is -0.418. The number of carbonyl (C=O) groups is 2. The van der Waals surface area contributed by atoms with E-state index in [2.05, 4.69) is 5.32 Å². The molecule has 2 aliphatic heterocycles. The summed E-state index contributed by atoms with van der Waals surface area (Å²) in [5, 5.41) is 12.2. The Balaban J connectivity index is 2.12. The second-order valence-corrected chi connectivity index (χ2v) is 5.62. The lowest BCUT2D eigenvalue weighted by Gasteiger charge is -2.30. The first kappa shape index (κ1) is 11.7. The highest BCUT2D eigenvalue weighted by Crippen LogP contribution is 2.32. The van der Waals surface area contributed by atoms with Gasteiger partial charge in [0.2, 0.25) is 5.91 Å². The highest BCUT2D eigenvalue weighted by molar-refractivity contribution is 7.99. The molecule has 0 aromatic heterocycles. The van der Waals surface area contributed by atoms with Crippen molar-refractivity contribution in [3.8, 4) is 0 Å². The van der Waals surface area contributed by atoms with Crippen LogP contribution in [0.25, 0.3) is 0 Å². The minimum Gasteiger partial charge on any atom is -0.480 e. The van der Waals surface area contributed by atoms with Crippen LogP contribution in [0.15, 0.2) is 0 Å². The topological polar surface area (TPSA) is 69.6 Å². The van der Waals surface area contributed by atoms with E-state index >= 15 is 0 Å². The summed E-state index contributed by atoms with van der Waals surface area (Å²) in [6.07, 6.45) is 0.791. The van der Waals surface area contributed by atoms with Gasteiger partial charge in [0.15, 0.2) is 0 Å².